The molecule has 5 heteroatoms. The Balaban J connectivity index is 2.10. The maximum Gasteiger partial charge on any atom is 0.228 e. The highest BCUT2D eigenvalue weighted by molar-refractivity contribution is 9.10. The molecule has 112 valence electrons. The number of nitrogens with one attached hydrogen (secondary N) is 1. The number of rotatable bonds is 3. The van der Waals surface area contributed by atoms with Crippen molar-refractivity contribution >= 4 is 33.4 Å². The van der Waals surface area contributed by atoms with E-state index >= 15 is 0 Å². The average Bonchev–Trinajstić information content (AvgIpc) is 2.48. The maximum atomic E-state index is 12.5. The van der Waals surface area contributed by atoms with Crippen LogP contribution in [0.1, 0.15) is 12.8 Å². The van der Waals surface area contributed by atoms with Gasteiger partial charge in [-0.3, -0.25) is 9.59 Å². The summed E-state index contributed by atoms with van der Waals surface area (Å²) < 4.78 is 0.960. The van der Waals surface area contributed by atoms with Crippen LogP contribution < -0.4 is 5.32 Å². The zero-order valence-corrected chi connectivity index (χ0v) is 13.8. The largest absolute Gasteiger partial charge is 0.349 e. The second kappa shape index (κ2) is 6.89. The molecule has 2 amide bonds. The van der Waals surface area contributed by atoms with Gasteiger partial charge in [-0.15, -0.1) is 0 Å². The van der Waals surface area contributed by atoms with Gasteiger partial charge in [0.15, 0.2) is 0 Å². The fraction of sp³-hybridized carbons (Fsp3) is 0.375. The van der Waals surface area contributed by atoms with Crippen LogP contribution in [0.25, 0.3) is 0 Å². The van der Waals surface area contributed by atoms with Gasteiger partial charge in [0.05, 0.1) is 11.8 Å². The molecule has 0 saturated carbocycles. The first-order valence-electron chi connectivity index (χ1n) is 6.91. The Morgan fingerprint density at radius 1 is 1.10 bits per heavy atom. The molecule has 0 aromatic heterocycles. The van der Waals surface area contributed by atoms with E-state index in [1.54, 1.807) is 19.0 Å². The van der Waals surface area contributed by atoms with Gasteiger partial charge in [0.2, 0.25) is 11.8 Å². The van der Waals surface area contributed by atoms with E-state index in [-0.39, 0.29) is 23.7 Å². The number of carbonyl (C=O) groups is 2. The molecule has 2 atom stereocenters. The van der Waals surface area contributed by atoms with Crippen molar-refractivity contribution in [2.24, 2.45) is 11.8 Å². The van der Waals surface area contributed by atoms with Crippen molar-refractivity contribution in [3.63, 3.8) is 0 Å². The van der Waals surface area contributed by atoms with Crippen LogP contribution in [0.2, 0.25) is 0 Å². The summed E-state index contributed by atoms with van der Waals surface area (Å²) in [5.74, 6) is -0.675. The normalized spacial score (nSPS) is 20.9. The zero-order chi connectivity index (χ0) is 15.4. The summed E-state index contributed by atoms with van der Waals surface area (Å²) in [6.45, 7) is 0. The summed E-state index contributed by atoms with van der Waals surface area (Å²) in [6.07, 6.45) is 5.18. The second-order valence-corrected chi connectivity index (χ2v) is 6.30. The number of amides is 2. The number of halogens is 1. The van der Waals surface area contributed by atoms with Crippen molar-refractivity contribution in [2.45, 2.75) is 12.8 Å². The minimum absolute atomic E-state index is 0.00954. The highest BCUT2D eigenvalue weighted by Gasteiger charge is 2.34. The topological polar surface area (TPSA) is 49.4 Å². The molecule has 2 rings (SSSR count). The summed E-state index contributed by atoms with van der Waals surface area (Å²) in [6, 6.07) is 7.42. The van der Waals surface area contributed by atoms with Gasteiger partial charge >= 0.3 is 0 Å². The fourth-order valence-corrected chi connectivity index (χ4v) is 2.74. The average molecular weight is 351 g/mol. The van der Waals surface area contributed by atoms with Crippen LogP contribution in [0.5, 0.6) is 0 Å². The maximum absolute atomic E-state index is 12.5. The van der Waals surface area contributed by atoms with E-state index in [1.165, 1.54) is 0 Å². The lowest BCUT2D eigenvalue weighted by atomic mass is 9.81. The Hall–Kier alpha value is -1.62. The molecule has 0 bridgehead atoms. The van der Waals surface area contributed by atoms with E-state index in [0.29, 0.717) is 12.8 Å². The molecule has 0 fully saturated rings. The number of hydrogen-bond donors (Lipinski definition) is 1. The van der Waals surface area contributed by atoms with Gasteiger partial charge in [0.1, 0.15) is 0 Å². The Morgan fingerprint density at radius 3 is 2.24 bits per heavy atom. The number of anilines is 1. The molecule has 1 aromatic carbocycles. The van der Waals surface area contributed by atoms with Gasteiger partial charge in [-0.05, 0) is 37.1 Å². The number of allylic oxidation sites excluding steroid dienone is 2. The van der Waals surface area contributed by atoms with Gasteiger partial charge in [0, 0.05) is 24.3 Å². The molecular formula is C16H19BrN2O2. The van der Waals surface area contributed by atoms with Gasteiger partial charge in [-0.2, -0.15) is 0 Å². The molecular weight excluding hydrogens is 332 g/mol. The predicted molar refractivity (Wildman–Crippen MR) is 86.8 cm³/mol. The summed E-state index contributed by atoms with van der Waals surface area (Å²) >= 11 is 3.36. The summed E-state index contributed by atoms with van der Waals surface area (Å²) in [5.41, 5.74) is 0.744. The Morgan fingerprint density at radius 2 is 1.67 bits per heavy atom. The summed E-state index contributed by atoms with van der Waals surface area (Å²) in [5, 5.41) is 2.90. The lowest BCUT2D eigenvalue weighted by Crippen LogP contribution is -2.40. The smallest absolute Gasteiger partial charge is 0.228 e. The van der Waals surface area contributed by atoms with E-state index in [2.05, 4.69) is 21.2 Å². The van der Waals surface area contributed by atoms with Gasteiger partial charge in [0.25, 0.3) is 0 Å². The minimum atomic E-state index is -0.312. The van der Waals surface area contributed by atoms with Gasteiger partial charge < -0.3 is 10.2 Å². The lowest BCUT2D eigenvalue weighted by molar-refractivity contribution is -0.138. The first kappa shape index (κ1) is 15.8. The summed E-state index contributed by atoms with van der Waals surface area (Å²) in [4.78, 5) is 26.2. The molecule has 1 N–H and O–H groups in total. The van der Waals surface area contributed by atoms with E-state index in [1.807, 2.05) is 36.4 Å². The molecule has 21 heavy (non-hydrogen) atoms. The molecule has 1 aliphatic rings. The number of nitrogens with zero attached hydrogens (tertiary/aromatic N) is 1. The third kappa shape index (κ3) is 3.94. The monoisotopic (exact) mass is 350 g/mol. The molecule has 0 radical (unpaired) electrons. The van der Waals surface area contributed by atoms with Crippen LogP contribution in [0.3, 0.4) is 0 Å². The number of benzene rings is 1. The number of hydrogen-bond acceptors (Lipinski definition) is 2. The van der Waals surface area contributed by atoms with Crippen molar-refractivity contribution in [3.05, 3.63) is 40.9 Å². The molecule has 2 unspecified atom stereocenters. The number of carbonyl (C=O) groups excluding carboxylic acids is 2. The minimum Gasteiger partial charge on any atom is -0.349 e. The second-order valence-electron chi connectivity index (χ2n) is 5.38. The van der Waals surface area contributed by atoms with E-state index in [4.69, 9.17) is 0 Å². The quantitative estimate of drug-likeness (QED) is 0.851. The van der Waals surface area contributed by atoms with Crippen molar-refractivity contribution in [2.75, 3.05) is 19.4 Å². The third-order valence-electron chi connectivity index (χ3n) is 3.64. The molecule has 1 aromatic rings. The van der Waals surface area contributed by atoms with Gasteiger partial charge in [-0.25, -0.2) is 0 Å². The van der Waals surface area contributed by atoms with Crippen LogP contribution in [-0.2, 0) is 9.59 Å². The molecule has 0 saturated heterocycles. The molecule has 0 aliphatic heterocycles. The Bertz CT molecular complexity index is 552. The van der Waals surface area contributed by atoms with Gasteiger partial charge in [-0.1, -0.05) is 28.1 Å². The standard InChI is InChI=1S/C16H19BrN2O2/c1-19(2)16(21)14-6-4-3-5-13(14)15(20)18-12-9-7-11(17)8-10-12/h3-4,7-10,13-14H,5-6H2,1-2H3,(H,18,20). The highest BCUT2D eigenvalue weighted by atomic mass is 79.9. The van der Waals surface area contributed by atoms with Crippen LogP contribution >= 0.6 is 15.9 Å². The van der Waals surface area contributed by atoms with Crippen molar-refractivity contribution in [1.82, 2.24) is 4.90 Å². The first-order valence-corrected chi connectivity index (χ1v) is 7.71. The molecule has 0 spiro atoms. The Kier molecular flexibility index (Phi) is 5.17. The third-order valence-corrected chi connectivity index (χ3v) is 4.17. The van der Waals surface area contributed by atoms with Crippen molar-refractivity contribution in [1.29, 1.82) is 0 Å². The van der Waals surface area contributed by atoms with E-state index in [0.717, 1.165) is 10.2 Å². The van der Waals surface area contributed by atoms with E-state index in [9.17, 15) is 9.59 Å². The lowest BCUT2D eigenvalue weighted by Gasteiger charge is -2.28. The van der Waals surface area contributed by atoms with Crippen LogP contribution in [-0.4, -0.2) is 30.8 Å². The van der Waals surface area contributed by atoms with Crippen LogP contribution in [0.4, 0.5) is 5.69 Å². The molecule has 4 nitrogen and oxygen atoms in total. The van der Waals surface area contributed by atoms with Crippen molar-refractivity contribution < 1.29 is 9.59 Å². The summed E-state index contributed by atoms with van der Waals surface area (Å²) in [7, 11) is 3.45. The molecule has 0 heterocycles. The zero-order valence-electron chi connectivity index (χ0n) is 12.2. The predicted octanol–water partition coefficient (Wildman–Crippen LogP) is 3.06. The Labute approximate surface area is 133 Å². The fourth-order valence-electron chi connectivity index (χ4n) is 2.48. The van der Waals surface area contributed by atoms with Crippen LogP contribution in [0.15, 0.2) is 40.9 Å². The SMILES string of the molecule is CN(C)C(=O)C1CC=CCC1C(=O)Nc1ccc(Br)cc1. The van der Waals surface area contributed by atoms with Crippen molar-refractivity contribution in [3.8, 4) is 0 Å². The van der Waals surface area contributed by atoms with Crippen LogP contribution in [0, 0.1) is 11.8 Å². The first-order chi connectivity index (χ1) is 9.99. The molecule has 1 aliphatic carbocycles. The van der Waals surface area contributed by atoms with E-state index < -0.39 is 0 Å². The highest BCUT2D eigenvalue weighted by Crippen LogP contribution is 2.28.